The fraction of sp³-hybridized carbons (Fsp3) is 0.341. The van der Waals surface area contributed by atoms with E-state index in [1.54, 1.807) is 37.3 Å². The van der Waals surface area contributed by atoms with Crippen LogP contribution in [0.25, 0.3) is 11.1 Å². The van der Waals surface area contributed by atoms with Crippen LogP contribution in [0.3, 0.4) is 0 Å². The lowest BCUT2D eigenvalue weighted by atomic mass is 9.98. The Morgan fingerprint density at radius 3 is 2.02 bits per heavy atom. The number of aliphatic hydroxyl groups is 1. The van der Waals surface area contributed by atoms with Gasteiger partial charge in [-0.2, -0.15) is 0 Å². The molecule has 3 amide bonds. The molecule has 0 aromatic heterocycles. The summed E-state index contributed by atoms with van der Waals surface area (Å²) in [6.45, 7) is 7.99. The average molecular weight is 726 g/mol. The molecule has 280 valence electrons. The predicted octanol–water partition coefficient (Wildman–Crippen LogP) is 4.71. The SMILES string of the molecule is C=CCC[C@H](NC(=O)OCC1c2ccccc2-c2ccccc21)C(=O)OC[C@@H](NC(=O)[C@@H](CC=C)CC(=O)N[C@H](C)CO)C(=O)OCc1ccccc1. The van der Waals surface area contributed by atoms with Gasteiger partial charge in [-0.1, -0.05) is 91.0 Å². The number of rotatable bonds is 20. The molecule has 53 heavy (non-hydrogen) atoms. The highest BCUT2D eigenvalue weighted by atomic mass is 16.6. The van der Waals surface area contributed by atoms with Crippen LogP contribution in [0.2, 0.25) is 0 Å². The van der Waals surface area contributed by atoms with Gasteiger partial charge < -0.3 is 35.3 Å². The lowest BCUT2D eigenvalue weighted by molar-refractivity contribution is -0.156. The van der Waals surface area contributed by atoms with Crippen LogP contribution in [-0.4, -0.2) is 72.9 Å². The summed E-state index contributed by atoms with van der Waals surface area (Å²) in [7, 11) is 0. The number of aliphatic hydroxyl groups excluding tert-OH is 1. The number of amides is 3. The molecule has 12 nitrogen and oxygen atoms in total. The quantitative estimate of drug-likeness (QED) is 0.0732. The minimum absolute atomic E-state index is 0.0350. The Kier molecular flexibility index (Phi) is 15.4. The van der Waals surface area contributed by atoms with E-state index in [4.69, 9.17) is 14.2 Å². The number of fused-ring (bicyclic) bond motifs is 3. The van der Waals surface area contributed by atoms with E-state index in [0.29, 0.717) is 12.0 Å². The molecular weight excluding hydrogens is 678 g/mol. The van der Waals surface area contributed by atoms with Crippen LogP contribution in [0.1, 0.15) is 55.2 Å². The largest absolute Gasteiger partial charge is 0.461 e. The molecule has 0 bridgehead atoms. The smallest absolute Gasteiger partial charge is 0.407 e. The van der Waals surface area contributed by atoms with E-state index in [1.165, 1.54) is 6.08 Å². The van der Waals surface area contributed by atoms with Gasteiger partial charge in [0.25, 0.3) is 0 Å². The summed E-state index contributed by atoms with van der Waals surface area (Å²) in [5.41, 5.74) is 4.91. The molecule has 1 aliphatic carbocycles. The summed E-state index contributed by atoms with van der Waals surface area (Å²) in [5, 5.41) is 17.0. The van der Waals surface area contributed by atoms with Gasteiger partial charge in [-0.3, -0.25) is 9.59 Å². The van der Waals surface area contributed by atoms with Crippen molar-refractivity contribution < 1.29 is 43.3 Å². The molecule has 4 rings (SSSR count). The van der Waals surface area contributed by atoms with Crippen molar-refractivity contribution in [3.05, 3.63) is 121 Å². The molecule has 1 aliphatic rings. The van der Waals surface area contributed by atoms with E-state index in [2.05, 4.69) is 29.1 Å². The molecular formula is C41H47N3O9. The predicted molar refractivity (Wildman–Crippen MR) is 198 cm³/mol. The van der Waals surface area contributed by atoms with E-state index in [9.17, 15) is 29.1 Å². The van der Waals surface area contributed by atoms with Crippen LogP contribution in [0.15, 0.2) is 104 Å². The van der Waals surface area contributed by atoms with E-state index in [1.807, 2.05) is 54.6 Å². The van der Waals surface area contributed by atoms with Crippen molar-refractivity contribution in [1.82, 2.24) is 16.0 Å². The van der Waals surface area contributed by atoms with Gasteiger partial charge in [0.2, 0.25) is 11.8 Å². The monoisotopic (exact) mass is 725 g/mol. The third-order valence-corrected chi connectivity index (χ3v) is 8.73. The number of carbonyl (C=O) groups excluding carboxylic acids is 5. The molecule has 0 radical (unpaired) electrons. The van der Waals surface area contributed by atoms with Gasteiger partial charge in [-0.05, 0) is 54.0 Å². The van der Waals surface area contributed by atoms with Crippen LogP contribution in [0.5, 0.6) is 0 Å². The second kappa shape index (κ2) is 20.3. The minimum atomic E-state index is -1.45. The number of hydrogen-bond acceptors (Lipinski definition) is 9. The Labute approximate surface area is 309 Å². The van der Waals surface area contributed by atoms with Crippen molar-refractivity contribution in [1.29, 1.82) is 0 Å². The average Bonchev–Trinajstić information content (AvgIpc) is 3.49. The zero-order valence-corrected chi connectivity index (χ0v) is 29.8. The summed E-state index contributed by atoms with van der Waals surface area (Å²) < 4.78 is 16.6. The van der Waals surface area contributed by atoms with Crippen molar-refractivity contribution in [3.8, 4) is 11.1 Å². The van der Waals surface area contributed by atoms with Crippen molar-refractivity contribution >= 4 is 29.8 Å². The summed E-state index contributed by atoms with van der Waals surface area (Å²) in [5.74, 6) is -4.00. The molecule has 0 saturated carbocycles. The van der Waals surface area contributed by atoms with Crippen molar-refractivity contribution in [2.75, 3.05) is 19.8 Å². The van der Waals surface area contributed by atoms with Crippen LogP contribution >= 0.6 is 0 Å². The first kappa shape index (κ1) is 40.0. The topological polar surface area (TPSA) is 169 Å². The summed E-state index contributed by atoms with van der Waals surface area (Å²) in [6, 6.07) is 21.6. The fourth-order valence-electron chi connectivity index (χ4n) is 5.96. The first-order valence-electron chi connectivity index (χ1n) is 17.6. The van der Waals surface area contributed by atoms with E-state index in [-0.39, 0.29) is 45.0 Å². The van der Waals surface area contributed by atoms with Crippen molar-refractivity contribution in [2.45, 2.75) is 63.3 Å². The number of alkyl carbamates (subject to hydrolysis) is 1. The Balaban J connectivity index is 1.42. The van der Waals surface area contributed by atoms with Crippen LogP contribution in [0, 0.1) is 5.92 Å². The summed E-state index contributed by atoms with van der Waals surface area (Å²) in [6.07, 6.45) is 2.56. The molecule has 0 aliphatic heterocycles. The van der Waals surface area contributed by atoms with Gasteiger partial charge in [0.1, 0.15) is 25.9 Å². The standard InChI is InChI=1S/C41H47N3O9/c1-4-6-21-35(44-41(50)53-25-34-32-19-12-10-17-30(32)31-18-11-13-20-33(31)34)39(48)52-26-36(40(49)51-24-28-15-8-7-9-16-28)43-38(47)29(14-5-2)22-37(46)42-27(3)23-45/h4-5,7-13,15-20,27,29,34-36,45H,1-2,6,14,21-26H2,3H3,(H,42,46)(H,43,47)(H,44,50)/t27-,29+,35+,36-/m1/s1. The van der Waals surface area contributed by atoms with Gasteiger partial charge >= 0.3 is 18.0 Å². The molecule has 3 aromatic carbocycles. The Morgan fingerprint density at radius 1 is 0.774 bits per heavy atom. The first-order valence-corrected chi connectivity index (χ1v) is 17.6. The lowest BCUT2D eigenvalue weighted by Gasteiger charge is -2.23. The maximum Gasteiger partial charge on any atom is 0.407 e. The fourth-order valence-corrected chi connectivity index (χ4v) is 5.96. The molecule has 3 aromatic rings. The Bertz CT molecular complexity index is 1700. The van der Waals surface area contributed by atoms with Crippen LogP contribution in [0.4, 0.5) is 4.79 Å². The number of hydrogen-bond donors (Lipinski definition) is 4. The van der Waals surface area contributed by atoms with Gasteiger partial charge in [0, 0.05) is 18.4 Å². The third-order valence-electron chi connectivity index (χ3n) is 8.73. The number of nitrogens with one attached hydrogen (secondary N) is 3. The molecule has 0 heterocycles. The third kappa shape index (κ3) is 11.6. The number of esters is 2. The number of benzene rings is 3. The molecule has 0 unspecified atom stereocenters. The molecule has 0 spiro atoms. The van der Waals surface area contributed by atoms with Gasteiger partial charge in [0.15, 0.2) is 6.04 Å². The zero-order chi connectivity index (χ0) is 38.2. The molecule has 0 fully saturated rings. The maximum atomic E-state index is 13.4. The molecule has 12 heteroatoms. The second-order valence-electron chi connectivity index (χ2n) is 12.7. The number of ether oxygens (including phenoxy) is 3. The second-order valence-corrected chi connectivity index (χ2v) is 12.7. The summed E-state index contributed by atoms with van der Waals surface area (Å²) in [4.78, 5) is 65.7. The highest BCUT2D eigenvalue weighted by Crippen LogP contribution is 2.44. The number of allylic oxidation sites excluding steroid dienone is 2. The number of carbonyl (C=O) groups is 5. The minimum Gasteiger partial charge on any atom is -0.461 e. The van der Waals surface area contributed by atoms with Crippen LogP contribution in [-0.2, 0) is 40.0 Å². The Hall–Kier alpha value is -5.75. The van der Waals surface area contributed by atoms with Crippen molar-refractivity contribution in [2.24, 2.45) is 5.92 Å². The highest BCUT2D eigenvalue weighted by Gasteiger charge is 2.32. The molecule has 0 saturated heterocycles. The van der Waals surface area contributed by atoms with E-state index >= 15 is 0 Å². The zero-order valence-electron chi connectivity index (χ0n) is 29.8. The first-order chi connectivity index (χ1) is 25.6. The van der Waals surface area contributed by atoms with Crippen LogP contribution < -0.4 is 16.0 Å². The Morgan fingerprint density at radius 2 is 1.40 bits per heavy atom. The van der Waals surface area contributed by atoms with Gasteiger partial charge in [-0.15, -0.1) is 13.2 Å². The maximum absolute atomic E-state index is 13.4. The molecule has 4 N–H and O–H groups in total. The lowest BCUT2D eigenvalue weighted by Crippen LogP contribution is -2.49. The van der Waals surface area contributed by atoms with Gasteiger partial charge in [-0.25, -0.2) is 14.4 Å². The normalized spacial score (nSPS) is 13.8. The molecule has 4 atom stereocenters. The van der Waals surface area contributed by atoms with E-state index < -0.39 is 60.5 Å². The van der Waals surface area contributed by atoms with Gasteiger partial charge in [0.05, 0.1) is 12.5 Å². The van der Waals surface area contributed by atoms with E-state index in [0.717, 1.165) is 22.3 Å². The summed E-state index contributed by atoms with van der Waals surface area (Å²) >= 11 is 0. The highest BCUT2D eigenvalue weighted by molar-refractivity contribution is 5.90. The van der Waals surface area contributed by atoms with Crippen molar-refractivity contribution in [3.63, 3.8) is 0 Å².